The summed E-state index contributed by atoms with van der Waals surface area (Å²) in [5.74, 6) is 1.25. The van der Waals surface area contributed by atoms with E-state index in [0.29, 0.717) is 17.4 Å². The maximum absolute atomic E-state index is 13.3. The van der Waals surface area contributed by atoms with Gasteiger partial charge in [0.05, 0.1) is 24.7 Å². The highest BCUT2D eigenvalue weighted by atomic mass is 32.2. The summed E-state index contributed by atoms with van der Waals surface area (Å²) >= 11 is 1.36. The molecule has 2 aromatic carbocycles. The predicted octanol–water partition coefficient (Wildman–Crippen LogP) is 4.28. The summed E-state index contributed by atoms with van der Waals surface area (Å²) in [6.45, 7) is 1.30. The van der Waals surface area contributed by atoms with Gasteiger partial charge in [-0.15, -0.1) is 0 Å². The Morgan fingerprint density at radius 2 is 1.97 bits per heavy atom. The number of benzene rings is 2. The number of hydrogen-bond donors (Lipinski definition) is 2. The Hall–Kier alpha value is -2.84. The van der Waals surface area contributed by atoms with E-state index in [9.17, 15) is 9.18 Å². The number of halogens is 1. The second-order valence-corrected chi connectivity index (χ2v) is 8.19. The number of rotatable bonds is 8. The third-order valence-corrected chi connectivity index (χ3v) is 6.03. The van der Waals surface area contributed by atoms with Crippen LogP contribution in [0.15, 0.2) is 53.6 Å². The van der Waals surface area contributed by atoms with Crippen LogP contribution in [-0.4, -0.2) is 48.0 Å². The highest BCUT2D eigenvalue weighted by Gasteiger charge is 2.18. The van der Waals surface area contributed by atoms with Gasteiger partial charge >= 0.3 is 0 Å². The van der Waals surface area contributed by atoms with Gasteiger partial charge in [-0.05, 0) is 61.4 Å². The first-order valence-electron chi connectivity index (χ1n) is 10.1. The van der Waals surface area contributed by atoms with Crippen LogP contribution in [0.4, 0.5) is 4.39 Å². The van der Waals surface area contributed by atoms with Gasteiger partial charge < -0.3 is 19.8 Å². The largest absolute Gasteiger partial charge is 0.497 e. The summed E-state index contributed by atoms with van der Waals surface area (Å²) in [6.07, 6.45) is 2.13. The topological polar surface area (TPSA) is 76.2 Å². The normalized spacial score (nSPS) is 15.7. The van der Waals surface area contributed by atoms with Crippen molar-refractivity contribution in [3.63, 3.8) is 0 Å². The molecule has 1 fully saturated rings. The molecule has 0 spiro atoms. The molecular weight excluding hydrogens is 417 g/mol. The van der Waals surface area contributed by atoms with E-state index in [4.69, 9.17) is 9.47 Å². The van der Waals surface area contributed by atoms with Crippen LogP contribution in [0.1, 0.15) is 12.8 Å². The Bertz CT molecular complexity index is 1020. The molecule has 0 radical (unpaired) electrons. The standard InChI is InChI=1S/C23H24FN3O3S/c1-29-18-10-6-15(7-11-18)21-23(27-22(26-21)16-4-8-17(24)9-5-16)31-14-20(28)25-13-19-3-2-12-30-19/h4-11,19H,2-3,12-14H2,1H3,(H,25,28)(H,26,27)/t19-/m1/s1. The van der Waals surface area contributed by atoms with Gasteiger partial charge in [-0.2, -0.15) is 0 Å². The summed E-state index contributed by atoms with van der Waals surface area (Å²) in [4.78, 5) is 20.3. The Balaban J connectivity index is 1.52. The highest BCUT2D eigenvalue weighted by Crippen LogP contribution is 2.33. The van der Waals surface area contributed by atoms with E-state index in [1.165, 1.54) is 23.9 Å². The smallest absolute Gasteiger partial charge is 0.230 e. The molecule has 2 heterocycles. The van der Waals surface area contributed by atoms with Crippen molar-refractivity contribution in [3.05, 3.63) is 54.3 Å². The fraction of sp³-hybridized carbons (Fsp3) is 0.304. The SMILES string of the molecule is COc1ccc(-c2[nH]c(-c3ccc(F)cc3)nc2SCC(=O)NC[C@H]2CCCO2)cc1. The van der Waals surface area contributed by atoms with Crippen molar-refractivity contribution in [1.29, 1.82) is 0 Å². The van der Waals surface area contributed by atoms with Crippen LogP contribution < -0.4 is 10.1 Å². The van der Waals surface area contributed by atoms with Crippen molar-refractivity contribution >= 4 is 17.7 Å². The summed E-state index contributed by atoms with van der Waals surface area (Å²) < 4.78 is 24.1. The number of aromatic nitrogens is 2. The van der Waals surface area contributed by atoms with Gasteiger partial charge in [-0.3, -0.25) is 4.79 Å². The van der Waals surface area contributed by atoms with Gasteiger partial charge in [-0.25, -0.2) is 9.37 Å². The van der Waals surface area contributed by atoms with Crippen molar-refractivity contribution in [2.75, 3.05) is 26.0 Å². The van der Waals surface area contributed by atoms with Gasteiger partial charge in [-0.1, -0.05) is 11.8 Å². The van der Waals surface area contributed by atoms with Crippen molar-refractivity contribution in [2.45, 2.75) is 24.0 Å². The van der Waals surface area contributed by atoms with Gasteiger partial charge in [0.1, 0.15) is 22.4 Å². The first-order chi connectivity index (χ1) is 15.1. The van der Waals surface area contributed by atoms with Gasteiger partial charge in [0.2, 0.25) is 5.91 Å². The van der Waals surface area contributed by atoms with Gasteiger partial charge in [0.25, 0.3) is 0 Å². The third-order valence-electron chi connectivity index (χ3n) is 5.06. The van der Waals surface area contributed by atoms with E-state index >= 15 is 0 Å². The molecule has 1 aliphatic rings. The maximum Gasteiger partial charge on any atom is 0.230 e. The van der Waals surface area contributed by atoms with Crippen LogP contribution in [0.2, 0.25) is 0 Å². The zero-order valence-corrected chi connectivity index (χ0v) is 18.0. The number of imidazole rings is 1. The first-order valence-corrected chi connectivity index (χ1v) is 11.1. The molecule has 4 rings (SSSR count). The summed E-state index contributed by atoms with van der Waals surface area (Å²) in [7, 11) is 1.62. The lowest BCUT2D eigenvalue weighted by atomic mass is 10.1. The third kappa shape index (κ3) is 5.45. The van der Waals surface area contributed by atoms with E-state index in [2.05, 4.69) is 15.3 Å². The average molecular weight is 442 g/mol. The molecule has 1 aromatic heterocycles. The number of thioether (sulfide) groups is 1. The van der Waals surface area contributed by atoms with E-state index in [1.54, 1.807) is 19.2 Å². The quantitative estimate of drug-likeness (QED) is 0.511. The summed E-state index contributed by atoms with van der Waals surface area (Å²) in [6, 6.07) is 13.8. The van der Waals surface area contributed by atoms with Crippen LogP contribution in [0, 0.1) is 5.82 Å². The molecule has 6 nitrogen and oxygen atoms in total. The fourth-order valence-corrected chi connectivity index (χ4v) is 4.22. The number of nitrogens with one attached hydrogen (secondary N) is 2. The molecule has 1 atom stereocenters. The zero-order valence-electron chi connectivity index (χ0n) is 17.2. The number of hydrogen-bond acceptors (Lipinski definition) is 5. The van der Waals surface area contributed by atoms with E-state index in [-0.39, 0.29) is 23.6 Å². The Labute approximate surface area is 184 Å². The number of ether oxygens (including phenoxy) is 2. The van der Waals surface area contributed by atoms with Crippen molar-refractivity contribution in [3.8, 4) is 28.4 Å². The molecule has 162 valence electrons. The maximum atomic E-state index is 13.3. The second-order valence-electron chi connectivity index (χ2n) is 7.23. The number of amides is 1. The monoisotopic (exact) mass is 441 g/mol. The second kappa shape index (κ2) is 9.98. The Morgan fingerprint density at radius 1 is 1.23 bits per heavy atom. The van der Waals surface area contributed by atoms with Crippen LogP contribution in [-0.2, 0) is 9.53 Å². The Morgan fingerprint density at radius 3 is 2.65 bits per heavy atom. The number of carbonyl (C=O) groups excluding carboxylic acids is 1. The number of H-pyrrole nitrogens is 1. The lowest BCUT2D eigenvalue weighted by Gasteiger charge is -2.10. The summed E-state index contributed by atoms with van der Waals surface area (Å²) in [5.41, 5.74) is 2.49. The molecule has 8 heteroatoms. The fourth-order valence-electron chi connectivity index (χ4n) is 3.38. The molecule has 1 amide bonds. The molecular formula is C23H24FN3O3S. The lowest BCUT2D eigenvalue weighted by Crippen LogP contribution is -2.32. The number of carbonyl (C=O) groups is 1. The number of methoxy groups -OCH3 is 1. The molecule has 0 saturated carbocycles. The van der Waals surface area contributed by atoms with E-state index in [0.717, 1.165) is 42.0 Å². The molecule has 31 heavy (non-hydrogen) atoms. The molecule has 2 N–H and O–H groups in total. The number of nitrogens with zero attached hydrogens (tertiary/aromatic N) is 1. The number of aromatic amines is 1. The van der Waals surface area contributed by atoms with Crippen LogP contribution in [0.25, 0.3) is 22.6 Å². The zero-order chi connectivity index (χ0) is 21.6. The van der Waals surface area contributed by atoms with E-state index in [1.807, 2.05) is 24.3 Å². The molecule has 0 bridgehead atoms. The molecule has 0 aliphatic carbocycles. The van der Waals surface area contributed by atoms with Crippen LogP contribution in [0.3, 0.4) is 0 Å². The summed E-state index contributed by atoms with van der Waals surface area (Å²) in [5, 5.41) is 3.64. The molecule has 0 unspecified atom stereocenters. The minimum Gasteiger partial charge on any atom is -0.497 e. The average Bonchev–Trinajstić information content (AvgIpc) is 3.47. The van der Waals surface area contributed by atoms with Crippen molar-refractivity contribution in [2.24, 2.45) is 0 Å². The minimum absolute atomic E-state index is 0.0625. The van der Waals surface area contributed by atoms with Crippen molar-refractivity contribution in [1.82, 2.24) is 15.3 Å². The Kier molecular flexibility index (Phi) is 6.89. The molecule has 3 aromatic rings. The molecule has 1 aliphatic heterocycles. The van der Waals surface area contributed by atoms with Crippen molar-refractivity contribution < 1.29 is 18.7 Å². The van der Waals surface area contributed by atoms with Crippen LogP contribution in [0.5, 0.6) is 5.75 Å². The van der Waals surface area contributed by atoms with Crippen LogP contribution >= 0.6 is 11.8 Å². The first kappa shape index (κ1) is 21.4. The van der Waals surface area contributed by atoms with E-state index < -0.39 is 0 Å². The predicted molar refractivity (Wildman–Crippen MR) is 119 cm³/mol. The van der Waals surface area contributed by atoms with Gasteiger partial charge in [0.15, 0.2) is 0 Å². The minimum atomic E-state index is -0.303. The van der Waals surface area contributed by atoms with Gasteiger partial charge in [0, 0.05) is 24.3 Å². The lowest BCUT2D eigenvalue weighted by molar-refractivity contribution is -0.119. The molecule has 1 saturated heterocycles. The highest BCUT2D eigenvalue weighted by molar-refractivity contribution is 8.00.